The van der Waals surface area contributed by atoms with Crippen molar-refractivity contribution in [3.05, 3.63) is 65.7 Å². The lowest BCUT2D eigenvalue weighted by molar-refractivity contribution is 0.243. The van der Waals surface area contributed by atoms with Crippen LogP contribution in [0, 0.1) is 5.92 Å². The van der Waals surface area contributed by atoms with Crippen LogP contribution >= 0.6 is 0 Å². The fourth-order valence-corrected chi connectivity index (χ4v) is 2.33. The van der Waals surface area contributed by atoms with Gasteiger partial charge in [-0.2, -0.15) is 0 Å². The van der Waals surface area contributed by atoms with Crippen molar-refractivity contribution >= 4 is 0 Å². The lowest BCUT2D eigenvalue weighted by atomic mass is 10.1. The van der Waals surface area contributed by atoms with E-state index in [0.29, 0.717) is 12.5 Å². The molecule has 0 aliphatic heterocycles. The van der Waals surface area contributed by atoms with Crippen molar-refractivity contribution in [2.75, 3.05) is 13.2 Å². The quantitative estimate of drug-likeness (QED) is 0.737. The molecule has 0 saturated heterocycles. The zero-order valence-electron chi connectivity index (χ0n) is 14.0. The minimum Gasteiger partial charge on any atom is -0.494 e. The second-order valence-corrected chi connectivity index (χ2v) is 6.20. The van der Waals surface area contributed by atoms with Gasteiger partial charge in [0.05, 0.1) is 19.3 Å². The molecule has 0 spiro atoms. The van der Waals surface area contributed by atoms with Gasteiger partial charge in [0.15, 0.2) is 0 Å². The van der Waals surface area contributed by atoms with Crippen molar-refractivity contribution in [3.63, 3.8) is 0 Å². The number of aliphatic hydroxyl groups excluding tert-OH is 1. The highest BCUT2D eigenvalue weighted by atomic mass is 16.5. The lowest BCUT2D eigenvalue weighted by Gasteiger charge is -2.17. The molecule has 1 atom stereocenters. The molecule has 0 heterocycles. The summed E-state index contributed by atoms with van der Waals surface area (Å²) in [6.07, 6.45) is 1.07. The molecule has 0 amide bonds. The van der Waals surface area contributed by atoms with E-state index in [-0.39, 0.29) is 12.6 Å². The van der Waals surface area contributed by atoms with Crippen LogP contribution in [0.1, 0.15) is 37.4 Å². The third kappa shape index (κ3) is 6.05. The SMILES string of the molecule is CC(C)CCOc1ccc(CNC(CO)c2ccccc2)cc1. The molecule has 2 aromatic carbocycles. The third-order valence-corrected chi connectivity index (χ3v) is 3.82. The van der Waals surface area contributed by atoms with Crippen LogP contribution < -0.4 is 10.1 Å². The summed E-state index contributed by atoms with van der Waals surface area (Å²) in [6, 6.07) is 18.1. The number of aliphatic hydroxyl groups is 1. The van der Waals surface area contributed by atoms with Gasteiger partial charge in [0, 0.05) is 6.54 Å². The van der Waals surface area contributed by atoms with Gasteiger partial charge in [-0.15, -0.1) is 0 Å². The van der Waals surface area contributed by atoms with Gasteiger partial charge in [0.25, 0.3) is 0 Å². The Balaban J connectivity index is 1.83. The summed E-state index contributed by atoms with van der Waals surface area (Å²) >= 11 is 0. The summed E-state index contributed by atoms with van der Waals surface area (Å²) in [7, 11) is 0. The van der Waals surface area contributed by atoms with Crippen LogP contribution in [0.4, 0.5) is 0 Å². The van der Waals surface area contributed by atoms with Gasteiger partial charge < -0.3 is 15.2 Å². The highest BCUT2D eigenvalue weighted by molar-refractivity contribution is 5.27. The van der Waals surface area contributed by atoms with E-state index in [0.717, 1.165) is 24.3 Å². The Labute approximate surface area is 139 Å². The maximum Gasteiger partial charge on any atom is 0.119 e. The Bertz CT molecular complexity index is 552. The van der Waals surface area contributed by atoms with Crippen LogP contribution in [-0.4, -0.2) is 18.3 Å². The topological polar surface area (TPSA) is 41.5 Å². The molecule has 2 aromatic rings. The summed E-state index contributed by atoms with van der Waals surface area (Å²) in [4.78, 5) is 0. The van der Waals surface area contributed by atoms with Gasteiger partial charge in [-0.3, -0.25) is 0 Å². The molecular formula is C20H27NO2. The first-order chi connectivity index (χ1) is 11.2. The molecule has 0 fully saturated rings. The van der Waals surface area contributed by atoms with E-state index < -0.39 is 0 Å². The Morgan fingerprint density at radius 2 is 1.70 bits per heavy atom. The van der Waals surface area contributed by atoms with E-state index in [2.05, 4.69) is 31.3 Å². The minimum absolute atomic E-state index is 0.0434. The van der Waals surface area contributed by atoms with Crippen LogP contribution in [-0.2, 0) is 6.54 Å². The van der Waals surface area contributed by atoms with Gasteiger partial charge in [-0.05, 0) is 35.6 Å². The van der Waals surface area contributed by atoms with Crippen LogP contribution in [0.15, 0.2) is 54.6 Å². The summed E-state index contributed by atoms with van der Waals surface area (Å²) in [6.45, 7) is 5.95. The molecule has 2 rings (SSSR count). The van der Waals surface area contributed by atoms with Crippen molar-refractivity contribution in [2.45, 2.75) is 32.9 Å². The zero-order chi connectivity index (χ0) is 16.5. The van der Waals surface area contributed by atoms with Crippen LogP contribution in [0.5, 0.6) is 5.75 Å². The minimum atomic E-state index is -0.0434. The predicted molar refractivity (Wildman–Crippen MR) is 94.5 cm³/mol. The van der Waals surface area contributed by atoms with E-state index in [1.54, 1.807) is 0 Å². The van der Waals surface area contributed by atoms with Crippen molar-refractivity contribution < 1.29 is 9.84 Å². The van der Waals surface area contributed by atoms with Crippen LogP contribution in [0.2, 0.25) is 0 Å². The van der Waals surface area contributed by atoms with E-state index >= 15 is 0 Å². The largest absolute Gasteiger partial charge is 0.494 e. The molecule has 0 aliphatic rings. The molecule has 3 heteroatoms. The molecule has 23 heavy (non-hydrogen) atoms. The highest BCUT2D eigenvalue weighted by Crippen LogP contribution is 2.16. The third-order valence-electron chi connectivity index (χ3n) is 3.82. The first-order valence-corrected chi connectivity index (χ1v) is 8.30. The monoisotopic (exact) mass is 313 g/mol. The molecule has 0 saturated carbocycles. The van der Waals surface area contributed by atoms with E-state index in [1.807, 2.05) is 42.5 Å². The maximum atomic E-state index is 9.56. The molecule has 0 aliphatic carbocycles. The van der Waals surface area contributed by atoms with E-state index in [4.69, 9.17) is 4.74 Å². The molecule has 2 N–H and O–H groups in total. The van der Waals surface area contributed by atoms with Gasteiger partial charge >= 0.3 is 0 Å². The molecule has 0 aromatic heterocycles. The Kier molecular flexibility index (Phi) is 7.11. The first kappa shape index (κ1) is 17.5. The Hall–Kier alpha value is -1.84. The molecule has 3 nitrogen and oxygen atoms in total. The lowest BCUT2D eigenvalue weighted by Crippen LogP contribution is -2.23. The number of nitrogens with one attached hydrogen (secondary N) is 1. The average Bonchev–Trinajstić information content (AvgIpc) is 2.57. The summed E-state index contributed by atoms with van der Waals surface area (Å²) in [5.74, 6) is 1.57. The van der Waals surface area contributed by atoms with Crippen LogP contribution in [0.3, 0.4) is 0 Å². The molecule has 0 bridgehead atoms. The van der Waals surface area contributed by atoms with Gasteiger partial charge in [0.2, 0.25) is 0 Å². The van der Waals surface area contributed by atoms with Crippen LogP contribution in [0.25, 0.3) is 0 Å². The first-order valence-electron chi connectivity index (χ1n) is 8.30. The smallest absolute Gasteiger partial charge is 0.119 e. The molecule has 124 valence electrons. The molecular weight excluding hydrogens is 286 g/mol. The number of hydrogen-bond acceptors (Lipinski definition) is 3. The van der Waals surface area contributed by atoms with Crippen molar-refractivity contribution in [1.29, 1.82) is 0 Å². The Morgan fingerprint density at radius 3 is 2.30 bits per heavy atom. The van der Waals surface area contributed by atoms with Gasteiger partial charge in [-0.25, -0.2) is 0 Å². The summed E-state index contributed by atoms with van der Waals surface area (Å²) < 4.78 is 5.73. The number of rotatable bonds is 9. The van der Waals surface area contributed by atoms with Gasteiger partial charge in [0.1, 0.15) is 5.75 Å². The molecule has 0 radical (unpaired) electrons. The number of ether oxygens (including phenoxy) is 1. The van der Waals surface area contributed by atoms with E-state index in [1.165, 1.54) is 5.56 Å². The fourth-order valence-electron chi connectivity index (χ4n) is 2.33. The normalized spacial score (nSPS) is 12.3. The summed E-state index contributed by atoms with van der Waals surface area (Å²) in [5, 5.41) is 12.9. The number of hydrogen-bond donors (Lipinski definition) is 2. The van der Waals surface area contributed by atoms with Crippen molar-refractivity contribution in [2.24, 2.45) is 5.92 Å². The maximum absolute atomic E-state index is 9.56. The second-order valence-electron chi connectivity index (χ2n) is 6.20. The van der Waals surface area contributed by atoms with Gasteiger partial charge in [-0.1, -0.05) is 56.3 Å². The fraction of sp³-hybridized carbons (Fsp3) is 0.400. The molecule has 1 unspecified atom stereocenters. The van der Waals surface area contributed by atoms with Crippen molar-refractivity contribution in [1.82, 2.24) is 5.32 Å². The Morgan fingerprint density at radius 1 is 1.00 bits per heavy atom. The standard InChI is InChI=1S/C20H27NO2/c1-16(2)12-13-23-19-10-8-17(9-11-19)14-21-20(15-22)18-6-4-3-5-7-18/h3-11,16,20-22H,12-15H2,1-2H3. The predicted octanol–water partition coefficient (Wildman–Crippen LogP) is 3.93. The number of benzene rings is 2. The van der Waals surface area contributed by atoms with Crippen molar-refractivity contribution in [3.8, 4) is 5.75 Å². The zero-order valence-corrected chi connectivity index (χ0v) is 14.0. The summed E-state index contributed by atoms with van der Waals surface area (Å²) in [5.41, 5.74) is 2.28. The average molecular weight is 313 g/mol. The highest BCUT2D eigenvalue weighted by Gasteiger charge is 2.08. The second kappa shape index (κ2) is 9.33. The van der Waals surface area contributed by atoms with E-state index in [9.17, 15) is 5.11 Å².